The number of unbranched alkanes of at least 4 members (excludes halogenated alkanes) is 2. The van der Waals surface area contributed by atoms with Crippen molar-refractivity contribution in [1.29, 1.82) is 0 Å². The highest BCUT2D eigenvalue weighted by Gasteiger charge is 2.31. The molecule has 2 aromatic carbocycles. The van der Waals surface area contributed by atoms with Crippen LogP contribution in [0.25, 0.3) is 6.08 Å². The largest absolute Gasteiger partial charge is 0.493 e. The summed E-state index contributed by atoms with van der Waals surface area (Å²) in [5.41, 5.74) is 0.838. The van der Waals surface area contributed by atoms with Gasteiger partial charge in [0.05, 0.1) is 24.0 Å². The second-order valence-corrected chi connectivity index (χ2v) is 9.26. The molecule has 1 saturated heterocycles. The molecule has 0 bridgehead atoms. The SMILES string of the molecule is COc1ccc(/C=C2\SC(=S)N(CCCCCC(=O)Nc3ccccc3[N+](=O)[O-])C2=O)cc1OC. The summed E-state index contributed by atoms with van der Waals surface area (Å²) < 4.78 is 11.0. The number of benzene rings is 2. The van der Waals surface area contributed by atoms with Gasteiger partial charge in [-0.3, -0.25) is 24.6 Å². The number of carbonyl (C=O) groups excluding carboxylic acids is 2. The van der Waals surface area contributed by atoms with Crippen LogP contribution < -0.4 is 14.8 Å². The Morgan fingerprint density at radius 3 is 2.60 bits per heavy atom. The van der Waals surface area contributed by atoms with Crippen molar-refractivity contribution in [2.45, 2.75) is 25.7 Å². The molecule has 3 rings (SSSR count). The monoisotopic (exact) mass is 515 g/mol. The normalized spacial score (nSPS) is 14.3. The number of hydrogen-bond acceptors (Lipinski definition) is 8. The summed E-state index contributed by atoms with van der Waals surface area (Å²) in [6.07, 6.45) is 3.96. The van der Waals surface area contributed by atoms with Gasteiger partial charge in [0.1, 0.15) is 10.0 Å². The highest BCUT2D eigenvalue weighted by molar-refractivity contribution is 8.26. The lowest BCUT2D eigenvalue weighted by molar-refractivity contribution is -0.383. The molecule has 1 heterocycles. The van der Waals surface area contributed by atoms with Gasteiger partial charge in [-0.15, -0.1) is 0 Å². The van der Waals surface area contributed by atoms with Gasteiger partial charge in [-0.1, -0.05) is 48.6 Å². The molecule has 0 aromatic heterocycles. The van der Waals surface area contributed by atoms with E-state index in [0.717, 1.165) is 5.56 Å². The predicted octanol–water partition coefficient (Wildman–Crippen LogP) is 5.01. The molecule has 1 aliphatic heterocycles. The van der Waals surface area contributed by atoms with Gasteiger partial charge in [-0.05, 0) is 42.7 Å². The number of thioether (sulfide) groups is 1. The summed E-state index contributed by atoms with van der Waals surface area (Å²) in [4.78, 5) is 37.6. The van der Waals surface area contributed by atoms with E-state index in [2.05, 4.69) is 5.32 Å². The number of nitrogens with zero attached hydrogens (tertiary/aromatic N) is 2. The van der Waals surface area contributed by atoms with E-state index in [4.69, 9.17) is 21.7 Å². The first-order valence-electron chi connectivity index (χ1n) is 10.8. The zero-order valence-electron chi connectivity index (χ0n) is 19.3. The lowest BCUT2D eigenvalue weighted by Crippen LogP contribution is -2.29. The molecule has 0 saturated carbocycles. The van der Waals surface area contributed by atoms with E-state index < -0.39 is 4.92 Å². The first-order chi connectivity index (χ1) is 16.8. The van der Waals surface area contributed by atoms with Crippen LogP contribution in [0.1, 0.15) is 31.2 Å². The number of nitro benzene ring substituents is 1. The Balaban J connectivity index is 1.47. The zero-order chi connectivity index (χ0) is 25.4. The fourth-order valence-corrected chi connectivity index (χ4v) is 4.78. The third-order valence-electron chi connectivity index (χ3n) is 5.24. The topological polar surface area (TPSA) is 111 Å². The number of rotatable bonds is 11. The third-order valence-corrected chi connectivity index (χ3v) is 6.62. The fourth-order valence-electron chi connectivity index (χ4n) is 3.47. The van der Waals surface area contributed by atoms with Crippen molar-refractivity contribution in [3.63, 3.8) is 0 Å². The third kappa shape index (κ3) is 6.80. The predicted molar refractivity (Wildman–Crippen MR) is 140 cm³/mol. The molecule has 0 unspecified atom stereocenters. The van der Waals surface area contributed by atoms with E-state index in [1.807, 2.05) is 6.07 Å². The standard InChI is InChI=1S/C24H25N3O6S2/c1-32-19-12-11-16(14-20(19)33-2)15-21-23(29)26(24(34)35-21)13-7-3-4-10-22(28)25-17-8-5-6-9-18(17)27(30)31/h5-6,8-9,11-12,14-15H,3-4,7,10,13H2,1-2H3,(H,25,28)/b21-15-. The van der Waals surface area contributed by atoms with Gasteiger partial charge in [0.15, 0.2) is 11.5 Å². The molecule has 1 N–H and O–H groups in total. The first kappa shape index (κ1) is 26.2. The maximum absolute atomic E-state index is 12.8. The Hall–Kier alpha value is -3.44. The molecule has 0 atom stereocenters. The lowest BCUT2D eigenvalue weighted by atomic mass is 10.1. The van der Waals surface area contributed by atoms with Crippen molar-refractivity contribution in [3.8, 4) is 11.5 Å². The maximum atomic E-state index is 12.8. The van der Waals surface area contributed by atoms with E-state index in [9.17, 15) is 19.7 Å². The summed E-state index contributed by atoms with van der Waals surface area (Å²) >= 11 is 6.64. The van der Waals surface area contributed by atoms with Crippen LogP contribution >= 0.6 is 24.0 Å². The number of methoxy groups -OCH3 is 2. The van der Waals surface area contributed by atoms with Crippen molar-refractivity contribution in [3.05, 3.63) is 63.0 Å². The van der Waals surface area contributed by atoms with Gasteiger partial charge in [-0.25, -0.2) is 0 Å². The molecule has 2 amide bonds. The Morgan fingerprint density at radius 1 is 1.14 bits per heavy atom. The van der Waals surface area contributed by atoms with E-state index >= 15 is 0 Å². The van der Waals surface area contributed by atoms with E-state index in [-0.39, 0.29) is 29.6 Å². The van der Waals surface area contributed by atoms with Crippen LogP contribution in [-0.4, -0.2) is 46.7 Å². The van der Waals surface area contributed by atoms with Crippen LogP contribution in [0.15, 0.2) is 47.4 Å². The van der Waals surface area contributed by atoms with Gasteiger partial charge >= 0.3 is 0 Å². The molecule has 2 aromatic rings. The highest BCUT2D eigenvalue weighted by Crippen LogP contribution is 2.35. The number of anilines is 1. The number of ether oxygens (including phenoxy) is 2. The van der Waals surface area contributed by atoms with E-state index in [1.165, 1.54) is 23.9 Å². The molecule has 35 heavy (non-hydrogen) atoms. The number of amides is 2. The van der Waals surface area contributed by atoms with Gasteiger partial charge in [0.2, 0.25) is 5.91 Å². The van der Waals surface area contributed by atoms with Crippen molar-refractivity contribution >= 4 is 57.6 Å². The average Bonchev–Trinajstić information content (AvgIpc) is 3.11. The molecule has 0 spiro atoms. The van der Waals surface area contributed by atoms with Crippen molar-refractivity contribution in [2.24, 2.45) is 0 Å². The summed E-state index contributed by atoms with van der Waals surface area (Å²) in [5.74, 6) is 0.738. The minimum absolute atomic E-state index is 0.142. The summed E-state index contributed by atoms with van der Waals surface area (Å²) in [6, 6.07) is 11.4. The van der Waals surface area contributed by atoms with Crippen LogP contribution in [0.4, 0.5) is 11.4 Å². The Kier molecular flexibility index (Phi) is 9.21. The number of hydrogen-bond donors (Lipinski definition) is 1. The van der Waals surface area contributed by atoms with E-state index in [1.54, 1.807) is 49.5 Å². The fraction of sp³-hybridized carbons (Fsp3) is 0.292. The smallest absolute Gasteiger partial charge is 0.292 e. The van der Waals surface area contributed by atoms with Crippen LogP contribution in [0, 0.1) is 10.1 Å². The lowest BCUT2D eigenvalue weighted by Gasteiger charge is -2.14. The molecular formula is C24H25N3O6S2. The summed E-state index contributed by atoms with van der Waals surface area (Å²) in [5, 5.41) is 13.6. The first-order valence-corrected chi connectivity index (χ1v) is 12.1. The molecule has 184 valence electrons. The second-order valence-electron chi connectivity index (χ2n) is 7.58. The van der Waals surface area contributed by atoms with Gasteiger partial charge in [0, 0.05) is 19.0 Å². The zero-order valence-corrected chi connectivity index (χ0v) is 20.9. The van der Waals surface area contributed by atoms with Gasteiger partial charge in [-0.2, -0.15) is 0 Å². The van der Waals surface area contributed by atoms with Gasteiger partial charge < -0.3 is 14.8 Å². The number of nitrogens with one attached hydrogen (secondary N) is 1. The molecule has 1 aliphatic rings. The molecule has 0 radical (unpaired) electrons. The van der Waals surface area contributed by atoms with Crippen LogP contribution in [0.2, 0.25) is 0 Å². The summed E-state index contributed by atoms with van der Waals surface area (Å²) in [7, 11) is 3.11. The van der Waals surface area contributed by atoms with Gasteiger partial charge in [0.25, 0.3) is 11.6 Å². The van der Waals surface area contributed by atoms with Crippen molar-refractivity contribution in [1.82, 2.24) is 4.90 Å². The quantitative estimate of drug-likeness (QED) is 0.146. The summed E-state index contributed by atoms with van der Waals surface area (Å²) in [6.45, 7) is 0.458. The number of carbonyl (C=O) groups is 2. The van der Waals surface area contributed by atoms with Crippen LogP contribution in [0.5, 0.6) is 11.5 Å². The maximum Gasteiger partial charge on any atom is 0.292 e. The minimum Gasteiger partial charge on any atom is -0.493 e. The average molecular weight is 516 g/mol. The van der Waals surface area contributed by atoms with E-state index in [0.29, 0.717) is 46.5 Å². The molecule has 9 nitrogen and oxygen atoms in total. The Morgan fingerprint density at radius 2 is 1.89 bits per heavy atom. The molecular weight excluding hydrogens is 490 g/mol. The number of nitro groups is 1. The van der Waals surface area contributed by atoms with Crippen LogP contribution in [0.3, 0.4) is 0 Å². The van der Waals surface area contributed by atoms with Crippen molar-refractivity contribution < 1.29 is 24.0 Å². The van der Waals surface area contributed by atoms with Crippen molar-refractivity contribution in [2.75, 3.05) is 26.1 Å². The number of thiocarbonyl (C=S) groups is 1. The Labute approximate surface area is 212 Å². The second kappa shape index (κ2) is 12.3. The Bertz CT molecular complexity index is 1170. The molecule has 0 aliphatic carbocycles. The highest BCUT2D eigenvalue weighted by atomic mass is 32.2. The molecule has 11 heteroatoms. The number of para-hydroxylation sites is 2. The van der Waals surface area contributed by atoms with Crippen LogP contribution in [-0.2, 0) is 9.59 Å². The minimum atomic E-state index is -0.530. The molecule has 1 fully saturated rings.